The van der Waals surface area contributed by atoms with Gasteiger partial charge < -0.3 is 10.4 Å². The molecule has 0 unspecified atom stereocenters. The summed E-state index contributed by atoms with van der Waals surface area (Å²) in [6.45, 7) is 1.82. The van der Waals surface area contributed by atoms with Crippen LogP contribution in [0.25, 0.3) is 0 Å². The van der Waals surface area contributed by atoms with E-state index < -0.39 is 5.97 Å². The van der Waals surface area contributed by atoms with Crippen LogP contribution in [0.3, 0.4) is 0 Å². The lowest BCUT2D eigenvalue weighted by Crippen LogP contribution is -2.29. The van der Waals surface area contributed by atoms with Gasteiger partial charge in [-0.2, -0.15) is 0 Å². The Labute approximate surface area is 108 Å². The van der Waals surface area contributed by atoms with E-state index in [2.05, 4.69) is 15.5 Å². The number of anilines is 1. The lowest BCUT2D eigenvalue weighted by atomic mass is 9.81. The average molecular weight is 269 g/mol. The summed E-state index contributed by atoms with van der Waals surface area (Å²) in [5, 5.41) is 20.6. The lowest BCUT2D eigenvalue weighted by Gasteiger charge is -2.24. The monoisotopic (exact) mass is 269 g/mol. The second-order valence-corrected chi connectivity index (χ2v) is 5.68. The summed E-state index contributed by atoms with van der Waals surface area (Å²) < 4.78 is 0. The highest BCUT2D eigenvalue weighted by molar-refractivity contribution is 7.15. The Balaban J connectivity index is 1.86. The fourth-order valence-corrected chi connectivity index (χ4v) is 2.75. The quantitative estimate of drug-likeness (QED) is 0.870. The third-order valence-electron chi connectivity index (χ3n) is 3.20. The minimum atomic E-state index is -0.756. The van der Waals surface area contributed by atoms with Gasteiger partial charge in [0.1, 0.15) is 5.01 Å². The Bertz CT molecular complexity index is 452. The van der Waals surface area contributed by atoms with Crippen molar-refractivity contribution in [2.45, 2.75) is 32.6 Å². The molecule has 7 heteroatoms. The largest absolute Gasteiger partial charge is 0.481 e. The SMILES string of the molecule is Cc1nnc(NC(=O)C2CCC(C(=O)O)CC2)s1. The number of aryl methyl sites for hydroxylation is 1. The van der Waals surface area contributed by atoms with Crippen molar-refractivity contribution >= 4 is 28.3 Å². The third kappa shape index (κ3) is 3.04. The predicted octanol–water partition coefficient (Wildman–Crippen LogP) is 1.68. The molecule has 1 saturated carbocycles. The fraction of sp³-hybridized carbons (Fsp3) is 0.636. The van der Waals surface area contributed by atoms with Gasteiger partial charge in [-0.25, -0.2) is 0 Å². The Kier molecular flexibility index (Phi) is 3.90. The zero-order chi connectivity index (χ0) is 13.1. The Morgan fingerprint density at radius 1 is 1.22 bits per heavy atom. The highest BCUT2D eigenvalue weighted by Gasteiger charge is 2.30. The summed E-state index contributed by atoms with van der Waals surface area (Å²) >= 11 is 1.34. The van der Waals surface area contributed by atoms with Crippen molar-refractivity contribution in [2.75, 3.05) is 5.32 Å². The molecule has 0 bridgehead atoms. The predicted molar refractivity (Wildman–Crippen MR) is 66.4 cm³/mol. The maximum absolute atomic E-state index is 11.9. The number of hydrogen-bond donors (Lipinski definition) is 2. The number of rotatable bonds is 3. The molecule has 0 saturated heterocycles. The zero-order valence-corrected chi connectivity index (χ0v) is 10.9. The van der Waals surface area contributed by atoms with Crippen molar-refractivity contribution in [1.82, 2.24) is 10.2 Å². The maximum Gasteiger partial charge on any atom is 0.306 e. The van der Waals surface area contributed by atoms with E-state index in [1.54, 1.807) is 0 Å². The van der Waals surface area contributed by atoms with Gasteiger partial charge in [-0.15, -0.1) is 10.2 Å². The van der Waals surface area contributed by atoms with Gasteiger partial charge in [0.2, 0.25) is 11.0 Å². The van der Waals surface area contributed by atoms with Crippen LogP contribution in [0.1, 0.15) is 30.7 Å². The topological polar surface area (TPSA) is 92.2 Å². The number of aliphatic carboxylic acids is 1. The number of amides is 1. The van der Waals surface area contributed by atoms with E-state index in [1.807, 2.05) is 6.92 Å². The smallest absolute Gasteiger partial charge is 0.306 e. The van der Waals surface area contributed by atoms with Crippen molar-refractivity contribution in [1.29, 1.82) is 0 Å². The van der Waals surface area contributed by atoms with Crippen LogP contribution in [-0.2, 0) is 9.59 Å². The van der Waals surface area contributed by atoms with Crippen molar-refractivity contribution in [2.24, 2.45) is 11.8 Å². The van der Waals surface area contributed by atoms with E-state index in [0.717, 1.165) is 5.01 Å². The lowest BCUT2D eigenvalue weighted by molar-refractivity contribution is -0.143. The number of carbonyl (C=O) groups excluding carboxylic acids is 1. The van der Waals surface area contributed by atoms with Gasteiger partial charge in [-0.3, -0.25) is 9.59 Å². The molecule has 0 spiro atoms. The molecule has 2 N–H and O–H groups in total. The first kappa shape index (κ1) is 12.9. The van der Waals surface area contributed by atoms with Gasteiger partial charge in [-0.05, 0) is 32.6 Å². The van der Waals surface area contributed by atoms with E-state index in [0.29, 0.717) is 30.8 Å². The van der Waals surface area contributed by atoms with Crippen molar-refractivity contribution in [3.8, 4) is 0 Å². The second kappa shape index (κ2) is 5.43. The molecule has 1 fully saturated rings. The van der Waals surface area contributed by atoms with E-state index in [4.69, 9.17) is 5.11 Å². The highest BCUT2D eigenvalue weighted by Crippen LogP contribution is 2.30. The van der Waals surface area contributed by atoms with Crippen LogP contribution in [0.15, 0.2) is 0 Å². The number of nitrogens with zero attached hydrogens (tertiary/aromatic N) is 2. The molecule has 6 nitrogen and oxygen atoms in total. The molecular formula is C11H15N3O3S. The van der Waals surface area contributed by atoms with Gasteiger partial charge in [0, 0.05) is 5.92 Å². The van der Waals surface area contributed by atoms with Gasteiger partial charge in [-0.1, -0.05) is 11.3 Å². The first-order valence-corrected chi connectivity index (χ1v) is 6.71. The first-order valence-electron chi connectivity index (χ1n) is 5.90. The van der Waals surface area contributed by atoms with E-state index >= 15 is 0 Å². The van der Waals surface area contributed by atoms with E-state index in [9.17, 15) is 9.59 Å². The minimum absolute atomic E-state index is 0.0741. The summed E-state index contributed by atoms with van der Waals surface area (Å²) in [6, 6.07) is 0. The number of carboxylic acid groups (broad SMARTS) is 1. The number of hydrogen-bond acceptors (Lipinski definition) is 5. The van der Waals surface area contributed by atoms with Crippen LogP contribution in [0.2, 0.25) is 0 Å². The van der Waals surface area contributed by atoms with Crippen LogP contribution in [0, 0.1) is 18.8 Å². The third-order valence-corrected chi connectivity index (χ3v) is 3.96. The van der Waals surface area contributed by atoms with Crippen LogP contribution in [0.4, 0.5) is 5.13 Å². The van der Waals surface area contributed by atoms with Gasteiger partial charge in [0.25, 0.3) is 0 Å². The normalized spacial score (nSPS) is 23.6. The minimum Gasteiger partial charge on any atom is -0.481 e. The molecule has 98 valence electrons. The molecular weight excluding hydrogens is 254 g/mol. The molecule has 0 aliphatic heterocycles. The van der Waals surface area contributed by atoms with Crippen molar-refractivity contribution in [3.63, 3.8) is 0 Å². The summed E-state index contributed by atoms with van der Waals surface area (Å²) in [4.78, 5) is 22.7. The molecule has 18 heavy (non-hydrogen) atoms. The highest BCUT2D eigenvalue weighted by atomic mass is 32.1. The number of nitrogens with one attached hydrogen (secondary N) is 1. The molecule has 1 amide bonds. The number of aromatic nitrogens is 2. The summed E-state index contributed by atoms with van der Waals surface area (Å²) in [5.74, 6) is -1.23. The van der Waals surface area contributed by atoms with Gasteiger partial charge in [0.05, 0.1) is 5.92 Å². The molecule has 0 aromatic carbocycles. The Hall–Kier alpha value is -1.50. The Morgan fingerprint density at radius 3 is 2.33 bits per heavy atom. The zero-order valence-electron chi connectivity index (χ0n) is 10.0. The Morgan fingerprint density at radius 2 is 1.83 bits per heavy atom. The van der Waals surface area contributed by atoms with Crippen LogP contribution in [0.5, 0.6) is 0 Å². The van der Waals surface area contributed by atoms with Crippen LogP contribution in [-0.4, -0.2) is 27.2 Å². The number of carboxylic acids is 1. The molecule has 1 aliphatic carbocycles. The van der Waals surface area contributed by atoms with Crippen molar-refractivity contribution in [3.05, 3.63) is 5.01 Å². The van der Waals surface area contributed by atoms with Gasteiger partial charge in [0.15, 0.2) is 0 Å². The molecule has 2 rings (SSSR count). The van der Waals surface area contributed by atoms with Crippen molar-refractivity contribution < 1.29 is 14.7 Å². The molecule has 1 aromatic heterocycles. The second-order valence-electron chi connectivity index (χ2n) is 4.50. The summed E-state index contributed by atoms with van der Waals surface area (Å²) in [5.41, 5.74) is 0. The standard InChI is InChI=1S/C11H15N3O3S/c1-6-13-14-11(18-6)12-9(15)7-2-4-8(5-3-7)10(16)17/h7-8H,2-5H2,1H3,(H,16,17)(H,12,14,15). The summed E-state index contributed by atoms with van der Waals surface area (Å²) in [7, 11) is 0. The van der Waals surface area contributed by atoms with E-state index in [-0.39, 0.29) is 17.7 Å². The molecule has 0 atom stereocenters. The molecule has 1 aromatic rings. The average Bonchev–Trinajstić information content (AvgIpc) is 2.75. The molecule has 1 heterocycles. The maximum atomic E-state index is 11.9. The van der Waals surface area contributed by atoms with Gasteiger partial charge >= 0.3 is 5.97 Å². The van der Waals surface area contributed by atoms with Crippen LogP contribution < -0.4 is 5.32 Å². The molecule has 1 aliphatic rings. The summed E-state index contributed by atoms with van der Waals surface area (Å²) in [6.07, 6.45) is 2.40. The van der Waals surface area contributed by atoms with Crippen LogP contribution >= 0.6 is 11.3 Å². The molecule has 0 radical (unpaired) electrons. The fourth-order valence-electron chi connectivity index (χ4n) is 2.16. The number of carbonyl (C=O) groups is 2. The van der Waals surface area contributed by atoms with E-state index in [1.165, 1.54) is 11.3 Å². The first-order chi connectivity index (χ1) is 8.56.